The Hall–Kier alpha value is -2.24. The van der Waals surface area contributed by atoms with E-state index in [4.69, 9.17) is 0 Å². The minimum atomic E-state index is -0.388. The maximum atomic E-state index is 11.4. The van der Waals surface area contributed by atoms with Crippen LogP contribution in [0.2, 0.25) is 0 Å². The molecule has 6 heteroatoms. The third-order valence-electron chi connectivity index (χ3n) is 2.00. The lowest BCUT2D eigenvalue weighted by atomic mass is 10.2. The number of aromatic nitrogens is 2. The van der Waals surface area contributed by atoms with Crippen molar-refractivity contribution in [1.82, 2.24) is 14.5 Å². The number of carbonyl (C=O) groups is 1. The average Bonchev–Trinajstić information content (AvgIpc) is 2.59. The lowest BCUT2D eigenvalue weighted by Crippen LogP contribution is -2.19. The molecular formula is C18H34N4O2. The van der Waals surface area contributed by atoms with Crippen molar-refractivity contribution < 1.29 is 4.79 Å². The van der Waals surface area contributed by atoms with Crippen LogP contribution in [0, 0.1) is 0 Å². The summed E-state index contributed by atoms with van der Waals surface area (Å²) in [6.45, 7) is 13.5. The molecule has 0 spiro atoms. The van der Waals surface area contributed by atoms with Gasteiger partial charge < -0.3 is 9.47 Å². The largest absolute Gasteiger partial charge is 0.369 e. The molecule has 1 rings (SSSR count). The van der Waals surface area contributed by atoms with Crippen LogP contribution in [0.3, 0.4) is 0 Å². The summed E-state index contributed by atoms with van der Waals surface area (Å²) in [5.74, 6) is 0.218. The summed E-state index contributed by atoms with van der Waals surface area (Å²) >= 11 is 0. The predicted octanol–water partition coefficient (Wildman–Crippen LogP) is 3.68. The molecule has 0 bridgehead atoms. The smallest absolute Gasteiger partial charge is 0.349 e. The molecule has 0 radical (unpaired) electrons. The van der Waals surface area contributed by atoms with Gasteiger partial charge in [-0.25, -0.2) is 9.79 Å². The summed E-state index contributed by atoms with van der Waals surface area (Å²) < 4.78 is 1.34. The number of allylic oxidation sites excluding steroid dienone is 1. The van der Waals surface area contributed by atoms with Crippen molar-refractivity contribution in [3.63, 3.8) is 0 Å². The standard InChI is InChI=1S/C12H16N4O2.3C2H6/c1-9(17)5-6-10-7-16(4)12(18)14-11(10)13-8-15(2)3;3*1-2/h5-8H,1-4H3;3*1-2H3/b6-5+,13-8?;;;. The third-order valence-corrected chi connectivity index (χ3v) is 2.00. The molecule has 24 heavy (non-hydrogen) atoms. The van der Waals surface area contributed by atoms with Gasteiger partial charge >= 0.3 is 5.69 Å². The number of aliphatic imine (C=N–C) groups is 1. The average molecular weight is 338 g/mol. The number of aryl methyl sites for hydroxylation is 1. The lowest BCUT2D eigenvalue weighted by Gasteiger charge is -2.05. The van der Waals surface area contributed by atoms with Crippen LogP contribution in [0.5, 0.6) is 0 Å². The van der Waals surface area contributed by atoms with Gasteiger partial charge in [-0.15, -0.1) is 0 Å². The second-order valence-corrected chi connectivity index (χ2v) is 4.07. The van der Waals surface area contributed by atoms with Gasteiger partial charge in [0.25, 0.3) is 0 Å². The Balaban J connectivity index is -0.000000659. The Bertz CT molecular complexity index is 559. The quantitative estimate of drug-likeness (QED) is 0.477. The molecule has 0 N–H and O–H groups in total. The monoisotopic (exact) mass is 338 g/mol. The molecule has 0 saturated heterocycles. The van der Waals surface area contributed by atoms with Gasteiger partial charge in [-0.3, -0.25) is 4.79 Å². The van der Waals surface area contributed by atoms with E-state index in [0.717, 1.165) is 0 Å². The molecule has 0 fully saturated rings. The molecule has 0 aliphatic carbocycles. The SMILES string of the molecule is CC.CC.CC.CC(=O)/C=C/c1cn(C)c(=O)nc1N=CN(C)C. The number of hydrogen-bond acceptors (Lipinski definition) is 4. The molecule has 1 heterocycles. The van der Waals surface area contributed by atoms with Gasteiger partial charge in [0.05, 0.1) is 6.34 Å². The number of carbonyl (C=O) groups excluding carboxylic acids is 1. The Morgan fingerprint density at radius 3 is 2.08 bits per heavy atom. The number of rotatable bonds is 4. The van der Waals surface area contributed by atoms with E-state index < -0.39 is 0 Å². The van der Waals surface area contributed by atoms with E-state index in [-0.39, 0.29) is 11.5 Å². The Labute approximate surface area is 146 Å². The van der Waals surface area contributed by atoms with Gasteiger partial charge in [-0.05, 0) is 19.1 Å². The zero-order chi connectivity index (χ0) is 19.7. The maximum Gasteiger partial charge on any atom is 0.349 e. The van der Waals surface area contributed by atoms with Crippen LogP contribution >= 0.6 is 0 Å². The van der Waals surface area contributed by atoms with E-state index in [0.29, 0.717) is 11.4 Å². The molecule has 0 aliphatic rings. The van der Waals surface area contributed by atoms with Gasteiger partial charge in [0.2, 0.25) is 0 Å². The fourth-order valence-corrected chi connectivity index (χ4v) is 1.15. The second kappa shape index (κ2) is 17.1. The molecular weight excluding hydrogens is 304 g/mol. The fraction of sp³-hybridized carbons (Fsp3) is 0.556. The van der Waals surface area contributed by atoms with Crippen molar-refractivity contribution >= 4 is 24.0 Å². The van der Waals surface area contributed by atoms with Crippen LogP contribution in [-0.4, -0.2) is 40.7 Å². The topological polar surface area (TPSA) is 67.6 Å². The normalized spacial score (nSPS) is 9.25. The number of ketones is 1. The van der Waals surface area contributed by atoms with Crippen LogP contribution < -0.4 is 5.69 Å². The zero-order valence-corrected chi connectivity index (χ0v) is 16.9. The van der Waals surface area contributed by atoms with Crippen molar-refractivity contribution in [3.05, 3.63) is 28.3 Å². The van der Waals surface area contributed by atoms with Crippen molar-refractivity contribution in [2.45, 2.75) is 48.5 Å². The van der Waals surface area contributed by atoms with Gasteiger partial charge in [0.1, 0.15) is 0 Å². The summed E-state index contributed by atoms with van der Waals surface area (Å²) in [6.07, 6.45) is 6.15. The van der Waals surface area contributed by atoms with Crippen LogP contribution in [0.15, 0.2) is 22.1 Å². The first kappa shape index (κ1) is 26.6. The molecule has 0 saturated carbocycles. The third kappa shape index (κ3) is 12.3. The molecule has 0 aliphatic heterocycles. The Morgan fingerprint density at radius 1 is 1.17 bits per heavy atom. The van der Waals surface area contributed by atoms with E-state index in [1.54, 1.807) is 30.6 Å². The minimum Gasteiger partial charge on any atom is -0.369 e. The number of nitrogens with zero attached hydrogens (tertiary/aromatic N) is 4. The van der Waals surface area contributed by atoms with Crippen molar-refractivity contribution in [2.75, 3.05) is 14.1 Å². The van der Waals surface area contributed by atoms with Crippen molar-refractivity contribution in [3.8, 4) is 0 Å². The van der Waals surface area contributed by atoms with E-state index in [2.05, 4.69) is 9.98 Å². The van der Waals surface area contributed by atoms with E-state index in [1.165, 1.54) is 17.6 Å². The fourth-order valence-electron chi connectivity index (χ4n) is 1.15. The molecule has 6 nitrogen and oxygen atoms in total. The summed E-state index contributed by atoms with van der Waals surface area (Å²) in [5, 5.41) is 0. The first-order valence-corrected chi connectivity index (χ1v) is 8.37. The molecule has 1 aromatic rings. The molecule has 1 aromatic heterocycles. The molecule has 0 aromatic carbocycles. The zero-order valence-electron chi connectivity index (χ0n) is 16.9. The van der Waals surface area contributed by atoms with E-state index in [1.807, 2.05) is 55.6 Å². The summed E-state index contributed by atoms with van der Waals surface area (Å²) in [7, 11) is 5.23. The van der Waals surface area contributed by atoms with Gasteiger partial charge in [0.15, 0.2) is 11.6 Å². The predicted molar refractivity (Wildman–Crippen MR) is 105 cm³/mol. The first-order valence-electron chi connectivity index (χ1n) is 8.37. The van der Waals surface area contributed by atoms with E-state index >= 15 is 0 Å². The van der Waals surface area contributed by atoms with Gasteiger partial charge in [-0.1, -0.05) is 41.5 Å². The highest BCUT2D eigenvalue weighted by Crippen LogP contribution is 2.14. The lowest BCUT2D eigenvalue weighted by molar-refractivity contribution is -0.112. The van der Waals surface area contributed by atoms with Crippen LogP contribution in [-0.2, 0) is 11.8 Å². The summed E-state index contributed by atoms with van der Waals surface area (Å²) in [4.78, 5) is 32.0. The first-order chi connectivity index (χ1) is 11.4. The molecule has 0 atom stereocenters. The second-order valence-electron chi connectivity index (χ2n) is 4.07. The highest BCUT2D eigenvalue weighted by Gasteiger charge is 2.03. The summed E-state index contributed by atoms with van der Waals surface area (Å²) in [6, 6.07) is 0. The molecule has 0 unspecified atom stereocenters. The summed E-state index contributed by atoms with van der Waals surface area (Å²) in [5.41, 5.74) is 0.228. The maximum absolute atomic E-state index is 11.4. The Morgan fingerprint density at radius 2 is 1.67 bits per heavy atom. The molecule has 0 amide bonds. The van der Waals surface area contributed by atoms with Gasteiger partial charge in [0, 0.05) is 32.9 Å². The Kier molecular flexibility index (Phi) is 19.0. The van der Waals surface area contributed by atoms with Crippen LogP contribution in [0.1, 0.15) is 54.0 Å². The highest BCUT2D eigenvalue weighted by atomic mass is 16.1. The minimum absolute atomic E-state index is 0.0774. The van der Waals surface area contributed by atoms with Crippen molar-refractivity contribution in [2.24, 2.45) is 12.0 Å². The number of hydrogen-bond donors (Lipinski definition) is 0. The van der Waals surface area contributed by atoms with E-state index in [9.17, 15) is 9.59 Å². The highest BCUT2D eigenvalue weighted by molar-refractivity contribution is 5.92. The van der Waals surface area contributed by atoms with Crippen LogP contribution in [0.25, 0.3) is 6.08 Å². The molecule has 138 valence electrons. The van der Waals surface area contributed by atoms with Gasteiger partial charge in [-0.2, -0.15) is 4.98 Å². The van der Waals surface area contributed by atoms with Crippen LogP contribution in [0.4, 0.5) is 5.82 Å². The van der Waals surface area contributed by atoms with Crippen molar-refractivity contribution in [1.29, 1.82) is 0 Å².